The molecule has 2 heterocycles. The highest BCUT2D eigenvalue weighted by Crippen LogP contribution is 2.33. The number of hydrogen-bond donors (Lipinski definition) is 0. The van der Waals surface area contributed by atoms with Crippen LogP contribution in [0, 0.1) is 5.92 Å². The van der Waals surface area contributed by atoms with Gasteiger partial charge in [0, 0.05) is 38.8 Å². The van der Waals surface area contributed by atoms with Crippen molar-refractivity contribution >= 4 is 5.78 Å². The fourth-order valence-corrected chi connectivity index (χ4v) is 2.32. The second kappa shape index (κ2) is 6.01. The molecule has 1 aliphatic rings. The summed E-state index contributed by atoms with van der Waals surface area (Å²) in [5.41, 5.74) is -0.242. The molecule has 0 bridgehead atoms. The van der Waals surface area contributed by atoms with Gasteiger partial charge in [0.05, 0.1) is 11.5 Å². The van der Waals surface area contributed by atoms with Crippen LogP contribution in [0.25, 0.3) is 0 Å². The lowest BCUT2D eigenvalue weighted by atomic mass is 10.00. The van der Waals surface area contributed by atoms with Gasteiger partial charge in [0.25, 0.3) is 5.56 Å². The molecule has 1 saturated heterocycles. The minimum Gasteiger partial charge on any atom is -0.314 e. The Hall–Kier alpha value is -1.63. The Bertz CT molecular complexity index is 574. The summed E-state index contributed by atoms with van der Waals surface area (Å²) in [4.78, 5) is 25.3. The molecule has 0 N–H and O–H groups in total. The number of nitrogens with zero attached hydrogens (tertiary/aromatic N) is 2. The van der Waals surface area contributed by atoms with E-state index in [-0.39, 0.29) is 43.0 Å². The third kappa shape index (κ3) is 3.53. The van der Waals surface area contributed by atoms with Crippen molar-refractivity contribution in [3.8, 4) is 0 Å². The number of alkyl halides is 3. The third-order valence-electron chi connectivity index (χ3n) is 3.72. The first kappa shape index (κ1) is 15.8. The molecule has 0 amide bonds. The van der Waals surface area contributed by atoms with Crippen molar-refractivity contribution in [1.82, 2.24) is 9.47 Å². The molecule has 1 aromatic rings. The largest absolute Gasteiger partial charge is 0.394 e. The highest BCUT2D eigenvalue weighted by molar-refractivity contribution is 5.95. The van der Waals surface area contributed by atoms with Crippen molar-refractivity contribution in [3.05, 3.63) is 34.2 Å². The zero-order valence-corrected chi connectivity index (χ0v) is 11.7. The lowest BCUT2D eigenvalue weighted by Gasteiger charge is -2.40. The molecule has 7 heteroatoms. The van der Waals surface area contributed by atoms with E-state index in [1.165, 1.54) is 10.6 Å². The van der Waals surface area contributed by atoms with Crippen molar-refractivity contribution in [2.24, 2.45) is 5.92 Å². The van der Waals surface area contributed by atoms with E-state index in [4.69, 9.17) is 0 Å². The fourth-order valence-electron chi connectivity index (χ4n) is 2.32. The Morgan fingerprint density at radius 3 is 2.57 bits per heavy atom. The molecule has 116 valence electrons. The first-order valence-electron chi connectivity index (χ1n) is 6.84. The van der Waals surface area contributed by atoms with Crippen LogP contribution in [-0.4, -0.2) is 41.1 Å². The van der Waals surface area contributed by atoms with Crippen LogP contribution < -0.4 is 5.56 Å². The van der Waals surface area contributed by atoms with Gasteiger partial charge in [-0.3, -0.25) is 9.59 Å². The number of likely N-dealkylation sites (tertiary alicyclic amines) is 1. The van der Waals surface area contributed by atoms with Gasteiger partial charge in [-0.1, -0.05) is 6.92 Å². The first-order chi connectivity index (χ1) is 9.82. The quantitative estimate of drug-likeness (QED) is 0.781. The van der Waals surface area contributed by atoms with E-state index in [1.54, 1.807) is 24.1 Å². The topological polar surface area (TPSA) is 42.3 Å². The molecule has 0 unspecified atom stereocenters. The van der Waals surface area contributed by atoms with Crippen LogP contribution in [0.1, 0.15) is 23.7 Å². The Labute approximate surface area is 120 Å². The maximum atomic E-state index is 12.4. The molecular formula is C14H17F3N2O2. The summed E-state index contributed by atoms with van der Waals surface area (Å²) in [7, 11) is 0. The van der Waals surface area contributed by atoms with Crippen LogP contribution in [0.4, 0.5) is 13.2 Å². The van der Waals surface area contributed by atoms with E-state index < -0.39 is 12.1 Å². The van der Waals surface area contributed by atoms with Gasteiger partial charge >= 0.3 is 6.18 Å². The molecule has 0 aromatic carbocycles. The van der Waals surface area contributed by atoms with Gasteiger partial charge in [-0.2, -0.15) is 13.2 Å². The molecule has 0 radical (unpaired) electrons. The molecule has 1 aromatic heterocycles. The normalized spacial score (nSPS) is 16.8. The summed E-state index contributed by atoms with van der Waals surface area (Å²) in [6.07, 6.45) is -2.34. The molecule has 0 atom stereocenters. The molecule has 0 saturated carbocycles. The molecule has 4 nitrogen and oxygen atoms in total. The number of pyridine rings is 1. The van der Waals surface area contributed by atoms with E-state index >= 15 is 0 Å². The minimum atomic E-state index is -4.14. The van der Waals surface area contributed by atoms with Crippen LogP contribution in [0.15, 0.2) is 23.1 Å². The summed E-state index contributed by atoms with van der Waals surface area (Å²) < 4.78 is 38.5. The summed E-state index contributed by atoms with van der Waals surface area (Å²) >= 11 is 0. The highest BCUT2D eigenvalue weighted by Gasteiger charge is 2.46. The summed E-state index contributed by atoms with van der Waals surface area (Å²) in [6, 6.07) is 3.09. The first-order valence-corrected chi connectivity index (χ1v) is 6.84. The number of rotatable bonds is 5. The molecule has 2 rings (SSSR count). The molecule has 0 aliphatic carbocycles. The smallest absolute Gasteiger partial charge is 0.314 e. The van der Waals surface area contributed by atoms with Crippen LogP contribution in [0.3, 0.4) is 0 Å². The number of hydrogen-bond acceptors (Lipinski definition) is 3. The van der Waals surface area contributed by atoms with E-state index in [0.717, 1.165) is 0 Å². The average molecular weight is 302 g/mol. The van der Waals surface area contributed by atoms with Crippen molar-refractivity contribution in [2.45, 2.75) is 26.1 Å². The lowest BCUT2D eigenvalue weighted by molar-refractivity contribution is -0.209. The number of carbonyl (C=O) groups is 1. The van der Waals surface area contributed by atoms with Crippen molar-refractivity contribution in [2.75, 3.05) is 19.6 Å². The van der Waals surface area contributed by atoms with Gasteiger partial charge in [0.15, 0.2) is 5.78 Å². The maximum Gasteiger partial charge on any atom is 0.394 e. The summed E-state index contributed by atoms with van der Waals surface area (Å²) in [5, 5.41) is 0. The SMILES string of the molecule is CCC(=O)c1cccn(CCN2CC(C(F)(F)F)C2)c1=O. The van der Waals surface area contributed by atoms with Crippen molar-refractivity contribution in [3.63, 3.8) is 0 Å². The predicted octanol–water partition coefficient (Wildman–Crippen LogP) is 1.94. The van der Waals surface area contributed by atoms with Crippen LogP contribution >= 0.6 is 0 Å². The number of Topliss-reactive ketones (excluding diaryl/α,β-unsaturated/α-hetero) is 1. The van der Waals surface area contributed by atoms with E-state index in [1.807, 2.05) is 0 Å². The maximum absolute atomic E-state index is 12.4. The number of halogens is 3. The molecule has 1 fully saturated rings. The minimum absolute atomic E-state index is 0.0220. The molecule has 1 aliphatic heterocycles. The highest BCUT2D eigenvalue weighted by atomic mass is 19.4. The van der Waals surface area contributed by atoms with E-state index in [9.17, 15) is 22.8 Å². The fraction of sp³-hybridized carbons (Fsp3) is 0.571. The molecule has 0 spiro atoms. The Morgan fingerprint density at radius 1 is 1.33 bits per heavy atom. The lowest BCUT2D eigenvalue weighted by Crippen LogP contribution is -2.54. The Kier molecular flexibility index (Phi) is 4.51. The van der Waals surface area contributed by atoms with Crippen LogP contribution in [0.5, 0.6) is 0 Å². The van der Waals surface area contributed by atoms with E-state index in [2.05, 4.69) is 0 Å². The second-order valence-corrected chi connectivity index (χ2v) is 5.20. The van der Waals surface area contributed by atoms with Gasteiger partial charge in [-0.15, -0.1) is 0 Å². The van der Waals surface area contributed by atoms with Crippen molar-refractivity contribution < 1.29 is 18.0 Å². The van der Waals surface area contributed by atoms with Gasteiger partial charge in [0.2, 0.25) is 0 Å². The predicted molar refractivity (Wildman–Crippen MR) is 71.3 cm³/mol. The molecular weight excluding hydrogens is 285 g/mol. The van der Waals surface area contributed by atoms with Gasteiger partial charge in [-0.25, -0.2) is 0 Å². The van der Waals surface area contributed by atoms with Gasteiger partial charge in [-0.05, 0) is 12.1 Å². The standard InChI is InChI=1S/C14H17F3N2O2/c1-2-12(20)11-4-3-5-19(13(11)21)7-6-18-8-10(9-18)14(15,16)17/h3-5,10H,2,6-9H2,1H3. The van der Waals surface area contributed by atoms with E-state index in [0.29, 0.717) is 6.54 Å². The summed E-state index contributed by atoms with van der Waals surface area (Å²) in [5.74, 6) is -1.49. The zero-order chi connectivity index (χ0) is 15.6. The van der Waals surface area contributed by atoms with Crippen molar-refractivity contribution in [1.29, 1.82) is 0 Å². The van der Waals surface area contributed by atoms with Gasteiger partial charge in [0.1, 0.15) is 0 Å². The summed E-state index contributed by atoms with van der Waals surface area (Å²) in [6.45, 7) is 2.29. The Morgan fingerprint density at radius 2 is 2.00 bits per heavy atom. The monoisotopic (exact) mass is 302 g/mol. The number of carbonyl (C=O) groups excluding carboxylic acids is 1. The number of aromatic nitrogens is 1. The number of ketones is 1. The van der Waals surface area contributed by atoms with Crippen LogP contribution in [-0.2, 0) is 6.54 Å². The second-order valence-electron chi connectivity index (χ2n) is 5.20. The average Bonchev–Trinajstić information content (AvgIpc) is 2.36. The Balaban J connectivity index is 1.94. The van der Waals surface area contributed by atoms with Crippen LogP contribution in [0.2, 0.25) is 0 Å². The molecule has 21 heavy (non-hydrogen) atoms. The third-order valence-corrected chi connectivity index (χ3v) is 3.72. The zero-order valence-electron chi connectivity index (χ0n) is 11.7. The van der Waals surface area contributed by atoms with Gasteiger partial charge < -0.3 is 9.47 Å².